The molecule has 0 saturated heterocycles. The Bertz CT molecular complexity index is 391. The van der Waals surface area contributed by atoms with Gasteiger partial charge in [0, 0.05) is 20.7 Å². The van der Waals surface area contributed by atoms with Crippen molar-refractivity contribution >= 4 is 5.91 Å². The Kier molecular flexibility index (Phi) is 6.32. The van der Waals surface area contributed by atoms with Crippen molar-refractivity contribution in [2.45, 2.75) is 12.5 Å². The van der Waals surface area contributed by atoms with Crippen LogP contribution >= 0.6 is 0 Å². The topological polar surface area (TPSA) is 59.0 Å². The molecule has 1 amide bonds. The number of likely N-dealkylation sites (N-methyl/N-ethyl adjacent to an activating group) is 1. The van der Waals surface area contributed by atoms with Crippen molar-refractivity contribution in [1.82, 2.24) is 4.90 Å². The van der Waals surface area contributed by atoms with Gasteiger partial charge in [0.2, 0.25) is 5.91 Å². The van der Waals surface area contributed by atoms with Gasteiger partial charge < -0.3 is 19.5 Å². The van der Waals surface area contributed by atoms with Crippen LogP contribution in [0.1, 0.15) is 5.56 Å². The van der Waals surface area contributed by atoms with E-state index in [-0.39, 0.29) is 19.1 Å². The number of methoxy groups -OCH3 is 2. The van der Waals surface area contributed by atoms with Crippen molar-refractivity contribution in [2.24, 2.45) is 0 Å². The monoisotopic (exact) mass is 267 g/mol. The third-order valence-corrected chi connectivity index (χ3v) is 2.78. The van der Waals surface area contributed by atoms with Crippen LogP contribution in [0.25, 0.3) is 0 Å². The van der Waals surface area contributed by atoms with Crippen LogP contribution in [-0.4, -0.2) is 56.4 Å². The van der Waals surface area contributed by atoms with Crippen LogP contribution < -0.4 is 4.74 Å². The number of hydrogen-bond acceptors (Lipinski definition) is 4. The minimum absolute atomic E-state index is 0.0414. The first kappa shape index (κ1) is 15.5. The van der Waals surface area contributed by atoms with E-state index in [2.05, 4.69) is 0 Å². The van der Waals surface area contributed by atoms with E-state index in [1.807, 2.05) is 24.3 Å². The molecule has 1 N–H and O–H groups in total. The summed E-state index contributed by atoms with van der Waals surface area (Å²) in [7, 11) is 4.79. The van der Waals surface area contributed by atoms with E-state index < -0.39 is 6.10 Å². The number of ether oxygens (including phenoxy) is 2. The largest absolute Gasteiger partial charge is 0.497 e. The number of rotatable bonds is 7. The lowest BCUT2D eigenvalue weighted by atomic mass is 10.1. The minimum atomic E-state index is -0.658. The maximum atomic E-state index is 11.9. The highest BCUT2D eigenvalue weighted by Gasteiger charge is 2.14. The summed E-state index contributed by atoms with van der Waals surface area (Å²) >= 11 is 0. The fraction of sp³-hybridized carbons (Fsp3) is 0.500. The van der Waals surface area contributed by atoms with Crippen LogP contribution in [0, 0.1) is 0 Å². The predicted octanol–water partition coefficient (Wildman–Crippen LogP) is 0.703. The second kappa shape index (κ2) is 7.76. The van der Waals surface area contributed by atoms with Gasteiger partial charge in [0.05, 0.1) is 26.2 Å². The summed E-state index contributed by atoms with van der Waals surface area (Å²) in [5.41, 5.74) is 0.916. The van der Waals surface area contributed by atoms with Gasteiger partial charge in [-0.3, -0.25) is 4.79 Å². The first-order valence-electron chi connectivity index (χ1n) is 6.10. The molecule has 19 heavy (non-hydrogen) atoms. The Morgan fingerprint density at radius 1 is 1.32 bits per heavy atom. The van der Waals surface area contributed by atoms with Crippen LogP contribution in [0.5, 0.6) is 5.75 Å². The van der Waals surface area contributed by atoms with E-state index in [0.29, 0.717) is 6.42 Å². The van der Waals surface area contributed by atoms with Crippen LogP contribution in [0.4, 0.5) is 0 Å². The predicted molar refractivity (Wildman–Crippen MR) is 72.2 cm³/mol. The zero-order valence-corrected chi connectivity index (χ0v) is 11.6. The summed E-state index contributed by atoms with van der Waals surface area (Å²) in [6.07, 6.45) is -0.352. The smallest absolute Gasteiger partial charge is 0.226 e. The summed E-state index contributed by atoms with van der Waals surface area (Å²) in [6.45, 7) is 0.489. The Morgan fingerprint density at radius 2 is 1.95 bits per heavy atom. The summed E-state index contributed by atoms with van der Waals surface area (Å²) in [5, 5.41) is 9.57. The molecule has 1 aromatic carbocycles. The number of aliphatic hydroxyl groups excluding tert-OH is 1. The molecule has 0 spiro atoms. The molecule has 0 saturated carbocycles. The highest BCUT2D eigenvalue weighted by Crippen LogP contribution is 2.12. The van der Waals surface area contributed by atoms with E-state index >= 15 is 0 Å². The van der Waals surface area contributed by atoms with Gasteiger partial charge in [0.25, 0.3) is 0 Å². The van der Waals surface area contributed by atoms with Gasteiger partial charge in [-0.15, -0.1) is 0 Å². The van der Waals surface area contributed by atoms with Crippen molar-refractivity contribution in [3.63, 3.8) is 0 Å². The van der Waals surface area contributed by atoms with E-state index in [1.54, 1.807) is 14.2 Å². The molecule has 0 aliphatic carbocycles. The zero-order chi connectivity index (χ0) is 14.3. The molecular weight excluding hydrogens is 246 g/mol. The molecule has 0 aliphatic heterocycles. The van der Waals surface area contributed by atoms with Crippen LogP contribution in [0.3, 0.4) is 0 Å². The molecule has 5 heteroatoms. The highest BCUT2D eigenvalue weighted by molar-refractivity contribution is 5.78. The van der Waals surface area contributed by atoms with Gasteiger partial charge in [0.1, 0.15) is 5.75 Å². The van der Waals surface area contributed by atoms with Crippen molar-refractivity contribution in [3.05, 3.63) is 29.8 Å². The maximum Gasteiger partial charge on any atom is 0.226 e. The fourth-order valence-electron chi connectivity index (χ4n) is 1.72. The van der Waals surface area contributed by atoms with Gasteiger partial charge in [-0.2, -0.15) is 0 Å². The summed E-state index contributed by atoms with van der Waals surface area (Å²) in [5.74, 6) is 0.723. The standard InChI is InChI=1S/C14H21NO4/c1-15(9-12(16)10-18-2)14(17)8-11-4-6-13(19-3)7-5-11/h4-7,12,16H,8-10H2,1-3H3. The molecule has 5 nitrogen and oxygen atoms in total. The molecule has 0 radical (unpaired) electrons. The summed E-state index contributed by atoms with van der Waals surface area (Å²) in [6, 6.07) is 7.36. The van der Waals surface area contributed by atoms with Crippen molar-refractivity contribution in [1.29, 1.82) is 0 Å². The number of carbonyl (C=O) groups is 1. The van der Waals surface area contributed by atoms with Gasteiger partial charge in [0.15, 0.2) is 0 Å². The quantitative estimate of drug-likeness (QED) is 0.790. The number of hydrogen-bond donors (Lipinski definition) is 1. The van der Waals surface area contributed by atoms with Gasteiger partial charge in [-0.05, 0) is 17.7 Å². The molecular formula is C14H21NO4. The molecule has 0 heterocycles. The molecule has 1 atom stereocenters. The normalized spacial score (nSPS) is 12.0. The Morgan fingerprint density at radius 3 is 2.47 bits per heavy atom. The Hall–Kier alpha value is -1.59. The maximum absolute atomic E-state index is 11.9. The first-order chi connectivity index (χ1) is 9.06. The van der Waals surface area contributed by atoms with Crippen molar-refractivity contribution in [2.75, 3.05) is 34.4 Å². The molecule has 0 fully saturated rings. The minimum Gasteiger partial charge on any atom is -0.497 e. The van der Waals surface area contributed by atoms with Crippen LogP contribution in [0.2, 0.25) is 0 Å². The summed E-state index contributed by atoms with van der Waals surface area (Å²) in [4.78, 5) is 13.5. The van der Waals surface area contributed by atoms with Gasteiger partial charge >= 0.3 is 0 Å². The van der Waals surface area contributed by atoms with Gasteiger partial charge in [-0.25, -0.2) is 0 Å². The molecule has 1 aromatic rings. The second-order valence-corrected chi connectivity index (χ2v) is 4.41. The number of carbonyl (C=O) groups excluding carboxylic acids is 1. The Labute approximate surface area is 113 Å². The zero-order valence-electron chi connectivity index (χ0n) is 11.6. The summed E-state index contributed by atoms with van der Waals surface area (Å²) < 4.78 is 9.89. The molecule has 0 bridgehead atoms. The lowest BCUT2D eigenvalue weighted by Crippen LogP contribution is -2.37. The molecule has 1 rings (SSSR count). The lowest BCUT2D eigenvalue weighted by molar-refractivity contribution is -0.130. The number of amides is 1. The first-order valence-corrected chi connectivity index (χ1v) is 6.10. The highest BCUT2D eigenvalue weighted by atomic mass is 16.5. The number of nitrogens with zero attached hydrogens (tertiary/aromatic N) is 1. The van der Waals surface area contributed by atoms with E-state index in [9.17, 15) is 9.90 Å². The molecule has 0 aliphatic rings. The van der Waals surface area contributed by atoms with Gasteiger partial charge in [-0.1, -0.05) is 12.1 Å². The average Bonchev–Trinajstić information content (AvgIpc) is 2.39. The number of aliphatic hydroxyl groups is 1. The molecule has 106 valence electrons. The SMILES string of the molecule is COCC(O)CN(C)C(=O)Cc1ccc(OC)cc1. The van der Waals surface area contributed by atoms with Crippen LogP contribution in [0.15, 0.2) is 24.3 Å². The van der Waals surface area contributed by atoms with E-state index in [1.165, 1.54) is 12.0 Å². The molecule has 1 unspecified atom stereocenters. The second-order valence-electron chi connectivity index (χ2n) is 4.41. The van der Waals surface area contributed by atoms with Crippen molar-refractivity contribution in [3.8, 4) is 5.75 Å². The van der Waals surface area contributed by atoms with Crippen molar-refractivity contribution < 1.29 is 19.4 Å². The van der Waals surface area contributed by atoms with E-state index in [0.717, 1.165) is 11.3 Å². The lowest BCUT2D eigenvalue weighted by Gasteiger charge is -2.20. The third-order valence-electron chi connectivity index (χ3n) is 2.78. The Balaban J connectivity index is 2.48. The van der Waals surface area contributed by atoms with E-state index in [4.69, 9.17) is 9.47 Å². The average molecular weight is 267 g/mol. The third kappa shape index (κ3) is 5.28. The number of benzene rings is 1. The fourth-order valence-corrected chi connectivity index (χ4v) is 1.72. The van der Waals surface area contributed by atoms with Crippen LogP contribution in [-0.2, 0) is 16.0 Å². The molecule has 0 aromatic heterocycles.